The first-order chi connectivity index (χ1) is 9.34. The lowest BCUT2D eigenvalue weighted by Crippen LogP contribution is -2.65. The van der Waals surface area contributed by atoms with E-state index in [-0.39, 0.29) is 11.6 Å². The fraction of sp³-hybridized carbons (Fsp3) is 0.462. The first-order valence-corrected chi connectivity index (χ1v) is 6.42. The van der Waals surface area contributed by atoms with Crippen LogP contribution in [-0.4, -0.2) is 25.0 Å². The number of rotatable bonds is 6. The zero-order valence-electron chi connectivity index (χ0n) is 11.2. The Morgan fingerprint density at radius 3 is 2.65 bits per heavy atom. The molecule has 0 radical (unpaired) electrons. The topological polar surface area (TPSA) is 84.4 Å². The largest absolute Gasteiger partial charge is 0.416 e. The second kappa shape index (κ2) is 7.25. The number of nitrogens with one attached hydrogen (secondary N) is 1. The molecule has 1 rings (SSSR count). The summed E-state index contributed by atoms with van der Waals surface area (Å²) < 4.78 is 37.6. The zero-order chi connectivity index (χ0) is 15.2. The molecule has 1 amide bonds. The fourth-order valence-corrected chi connectivity index (χ4v) is 1.71. The Kier molecular flexibility index (Phi) is 5.97. The third-order valence-corrected chi connectivity index (χ3v) is 2.87. The Bertz CT molecular complexity index is 449. The van der Waals surface area contributed by atoms with Crippen LogP contribution in [0.4, 0.5) is 13.2 Å². The number of quaternary nitrogens is 2. The molecule has 4 nitrogen and oxygen atoms in total. The van der Waals surface area contributed by atoms with Crippen LogP contribution in [-0.2, 0) is 6.18 Å². The van der Waals surface area contributed by atoms with Gasteiger partial charge >= 0.3 is 6.18 Å². The first kappa shape index (κ1) is 16.5. The van der Waals surface area contributed by atoms with Crippen LogP contribution in [0.2, 0.25) is 0 Å². The van der Waals surface area contributed by atoms with Crippen LogP contribution in [0, 0.1) is 0 Å². The summed E-state index contributed by atoms with van der Waals surface area (Å²) in [6.45, 7) is 1.14. The average Bonchev–Trinajstić information content (AvgIpc) is 2.41. The maximum absolute atomic E-state index is 12.5. The van der Waals surface area contributed by atoms with E-state index in [1.807, 2.05) is 0 Å². The van der Waals surface area contributed by atoms with Crippen LogP contribution in [0.15, 0.2) is 24.3 Å². The molecule has 0 aliphatic heterocycles. The van der Waals surface area contributed by atoms with Crippen molar-refractivity contribution in [3.8, 4) is 0 Å². The van der Waals surface area contributed by atoms with E-state index in [0.29, 0.717) is 6.54 Å². The molecule has 0 aromatic heterocycles. The number of carbonyl (C=O) groups excluding carboxylic acids is 1. The van der Waals surface area contributed by atoms with Gasteiger partial charge in [-0.05, 0) is 18.2 Å². The Hall–Kier alpha value is -1.60. The summed E-state index contributed by atoms with van der Waals surface area (Å²) in [6.07, 6.45) is -2.71. The van der Waals surface area contributed by atoms with E-state index in [0.717, 1.165) is 31.5 Å². The highest BCUT2D eigenvalue weighted by Crippen LogP contribution is 2.29. The lowest BCUT2D eigenvalue weighted by atomic mass is 10.1. The van der Waals surface area contributed by atoms with Gasteiger partial charge in [0.1, 0.15) is 6.04 Å². The Morgan fingerprint density at radius 2 is 2.05 bits per heavy atom. The number of alkyl halides is 3. The van der Waals surface area contributed by atoms with Gasteiger partial charge in [-0.15, -0.1) is 0 Å². The summed E-state index contributed by atoms with van der Waals surface area (Å²) in [5.74, 6) is -0.514. The quantitative estimate of drug-likeness (QED) is 0.681. The molecule has 1 aromatic rings. The summed E-state index contributed by atoms with van der Waals surface area (Å²) in [4.78, 5) is 11.8. The summed E-state index contributed by atoms with van der Waals surface area (Å²) in [5, 5.41) is 2.60. The number of halogens is 3. The number of hydrogen-bond acceptors (Lipinski definition) is 1. The minimum absolute atomic E-state index is 0.00387. The molecule has 1 atom stereocenters. The maximum atomic E-state index is 12.5. The van der Waals surface area contributed by atoms with Gasteiger partial charge in [0, 0.05) is 18.4 Å². The van der Waals surface area contributed by atoms with Crippen molar-refractivity contribution in [1.29, 1.82) is 0 Å². The standard InChI is InChI=1S/C13H18F3N3O/c14-13(15,16)10-4-1-3-9(7-10)12(20)19-8-11(18)5-2-6-17/h1,3-4,7,11H,2,5-6,8,17-18H2,(H,19,20)/p+2/t11-/m0/s1. The average molecular weight is 291 g/mol. The molecule has 7 heteroatoms. The SMILES string of the molecule is [NH3+]CCC[C@H]([NH3+])CNC(=O)c1cccc(C(F)(F)F)c1. The molecule has 0 spiro atoms. The molecule has 0 saturated heterocycles. The smallest absolute Gasteiger partial charge is 0.358 e. The fourth-order valence-electron chi connectivity index (χ4n) is 1.71. The minimum Gasteiger partial charge on any atom is -0.358 e. The van der Waals surface area contributed by atoms with Crippen molar-refractivity contribution in [3.63, 3.8) is 0 Å². The van der Waals surface area contributed by atoms with Gasteiger partial charge in [0.25, 0.3) is 5.91 Å². The van der Waals surface area contributed by atoms with E-state index >= 15 is 0 Å². The van der Waals surface area contributed by atoms with Crippen molar-refractivity contribution in [1.82, 2.24) is 5.32 Å². The first-order valence-electron chi connectivity index (χ1n) is 6.42. The predicted octanol–water partition coefficient (Wildman–Crippen LogP) is 0.0678. The molecule has 1 aromatic carbocycles. The number of hydrogen-bond donors (Lipinski definition) is 3. The maximum Gasteiger partial charge on any atom is 0.416 e. The predicted molar refractivity (Wildman–Crippen MR) is 67.4 cm³/mol. The minimum atomic E-state index is -4.45. The molecule has 7 N–H and O–H groups in total. The number of benzene rings is 1. The molecule has 0 unspecified atom stereocenters. The molecule has 112 valence electrons. The van der Waals surface area contributed by atoms with Crippen LogP contribution in [0.25, 0.3) is 0 Å². The van der Waals surface area contributed by atoms with E-state index in [2.05, 4.69) is 16.8 Å². The summed E-state index contributed by atoms with van der Waals surface area (Å²) >= 11 is 0. The lowest BCUT2D eigenvalue weighted by Gasteiger charge is -2.11. The second-order valence-corrected chi connectivity index (χ2v) is 4.65. The highest BCUT2D eigenvalue weighted by molar-refractivity contribution is 5.94. The highest BCUT2D eigenvalue weighted by atomic mass is 19.4. The molecule has 0 bridgehead atoms. The molecular weight excluding hydrogens is 271 g/mol. The number of amides is 1. The van der Waals surface area contributed by atoms with Crippen molar-refractivity contribution >= 4 is 5.91 Å². The molecule has 0 aliphatic carbocycles. The normalized spacial score (nSPS) is 13.1. The second-order valence-electron chi connectivity index (χ2n) is 4.65. The third kappa shape index (κ3) is 5.18. The van der Waals surface area contributed by atoms with Crippen LogP contribution >= 0.6 is 0 Å². The van der Waals surface area contributed by atoms with Crippen molar-refractivity contribution < 1.29 is 29.4 Å². The highest BCUT2D eigenvalue weighted by Gasteiger charge is 2.30. The summed E-state index contributed by atoms with van der Waals surface area (Å²) in [5.41, 5.74) is 6.77. The van der Waals surface area contributed by atoms with Crippen LogP contribution in [0.3, 0.4) is 0 Å². The lowest BCUT2D eigenvalue weighted by molar-refractivity contribution is -0.423. The van der Waals surface area contributed by atoms with E-state index in [1.54, 1.807) is 0 Å². The van der Waals surface area contributed by atoms with Crippen LogP contribution in [0.1, 0.15) is 28.8 Å². The molecule has 0 fully saturated rings. The monoisotopic (exact) mass is 291 g/mol. The van der Waals surface area contributed by atoms with E-state index in [1.165, 1.54) is 12.1 Å². The Balaban J connectivity index is 2.60. The third-order valence-electron chi connectivity index (χ3n) is 2.87. The van der Waals surface area contributed by atoms with E-state index < -0.39 is 17.6 Å². The van der Waals surface area contributed by atoms with E-state index in [9.17, 15) is 18.0 Å². The molecule has 20 heavy (non-hydrogen) atoms. The Morgan fingerprint density at radius 1 is 1.35 bits per heavy atom. The summed E-state index contributed by atoms with van der Waals surface area (Å²) in [6, 6.07) is 4.41. The van der Waals surface area contributed by atoms with Gasteiger partial charge in [0.05, 0.1) is 18.7 Å². The van der Waals surface area contributed by atoms with Crippen LogP contribution < -0.4 is 16.8 Å². The molecule has 0 heterocycles. The zero-order valence-corrected chi connectivity index (χ0v) is 11.2. The van der Waals surface area contributed by atoms with Gasteiger partial charge in [-0.25, -0.2) is 0 Å². The Labute approximate surface area is 115 Å². The van der Waals surface area contributed by atoms with Crippen molar-refractivity contribution in [3.05, 3.63) is 35.4 Å². The molecule has 0 saturated carbocycles. The van der Waals surface area contributed by atoms with Crippen molar-refractivity contribution in [2.75, 3.05) is 13.1 Å². The molecular formula is C13H20F3N3O+2. The van der Waals surface area contributed by atoms with Gasteiger partial charge in [-0.2, -0.15) is 13.2 Å². The van der Waals surface area contributed by atoms with Gasteiger partial charge in [-0.3, -0.25) is 4.79 Å². The molecule has 0 aliphatic rings. The van der Waals surface area contributed by atoms with Gasteiger partial charge in [-0.1, -0.05) is 6.07 Å². The number of carbonyl (C=O) groups is 1. The van der Waals surface area contributed by atoms with Gasteiger partial charge in [0.15, 0.2) is 0 Å². The van der Waals surface area contributed by atoms with E-state index in [4.69, 9.17) is 0 Å². The van der Waals surface area contributed by atoms with Crippen LogP contribution in [0.5, 0.6) is 0 Å². The van der Waals surface area contributed by atoms with Crippen molar-refractivity contribution in [2.24, 2.45) is 0 Å². The van der Waals surface area contributed by atoms with Gasteiger partial charge in [0.2, 0.25) is 0 Å². The van der Waals surface area contributed by atoms with Gasteiger partial charge < -0.3 is 16.8 Å². The van der Waals surface area contributed by atoms with Crippen molar-refractivity contribution in [2.45, 2.75) is 25.1 Å². The summed E-state index contributed by atoms with van der Waals surface area (Å²) in [7, 11) is 0.